The third-order valence-corrected chi connectivity index (χ3v) is 11.1. The molecule has 0 aromatic carbocycles. The zero-order valence-electron chi connectivity index (χ0n) is 38.3. The second-order valence-corrected chi connectivity index (χ2v) is 17.1. The van der Waals surface area contributed by atoms with E-state index in [2.05, 4.69) is 42.5 Å². The molecule has 378 valence electrons. The molecule has 0 unspecified atom stereocenters. The Morgan fingerprint density at radius 3 is 1.69 bits per heavy atom. The summed E-state index contributed by atoms with van der Waals surface area (Å²) in [6.07, 6.45) is 1.31. The van der Waals surface area contributed by atoms with Crippen LogP contribution >= 0.6 is 0 Å². The fourth-order valence-corrected chi connectivity index (χ4v) is 7.39. The summed E-state index contributed by atoms with van der Waals surface area (Å²) in [7, 11) is 0. The number of hydrogen-bond donors (Lipinski definition) is 14. The summed E-state index contributed by atoms with van der Waals surface area (Å²) in [4.78, 5) is 143. The zero-order valence-corrected chi connectivity index (χ0v) is 38.3. The number of primary amides is 2. The number of nitrogens with zero attached hydrogens (tertiary/aromatic N) is 1. The number of hydrogen-bond acceptors (Lipinski definition) is 15. The van der Waals surface area contributed by atoms with Gasteiger partial charge in [0.25, 0.3) is 0 Å². The van der Waals surface area contributed by atoms with Gasteiger partial charge in [0, 0.05) is 19.4 Å². The number of carbonyl (C=O) groups is 11. The predicted molar refractivity (Wildman–Crippen MR) is 236 cm³/mol. The third kappa shape index (κ3) is 19.4. The van der Waals surface area contributed by atoms with Gasteiger partial charge < -0.3 is 80.0 Å². The number of rotatable bonds is 30. The van der Waals surface area contributed by atoms with Crippen molar-refractivity contribution in [2.24, 2.45) is 23.1 Å². The van der Waals surface area contributed by atoms with E-state index in [4.69, 9.17) is 17.2 Å². The monoisotopic (exact) mass is 955 g/mol. The van der Waals surface area contributed by atoms with E-state index in [-0.39, 0.29) is 63.4 Å². The number of carboxylic acid groups (broad SMARTS) is 1. The molecule has 2 aliphatic heterocycles. The van der Waals surface area contributed by atoms with E-state index in [0.717, 1.165) is 11.3 Å². The lowest BCUT2D eigenvalue weighted by atomic mass is 10.0. The number of nitrogens with one attached hydrogen (secondary N) is 8. The molecule has 0 aromatic rings. The van der Waals surface area contributed by atoms with Crippen molar-refractivity contribution in [2.75, 3.05) is 32.8 Å². The van der Waals surface area contributed by atoms with Gasteiger partial charge in [-0.25, -0.2) is 4.79 Å². The number of unbranched alkanes of at least 4 members (excludes halogenated alkanes) is 1. The molecule has 9 atom stereocenters. The summed E-state index contributed by atoms with van der Waals surface area (Å²) < 4.78 is 0. The Balaban J connectivity index is 2.16. The zero-order chi connectivity index (χ0) is 50.4. The second-order valence-electron chi connectivity index (χ2n) is 17.1. The summed E-state index contributed by atoms with van der Waals surface area (Å²) in [5.41, 5.74) is 16.0. The van der Waals surface area contributed by atoms with E-state index in [1.807, 2.05) is 13.8 Å². The molecule has 0 aromatic heterocycles. The minimum atomic E-state index is -1.63. The van der Waals surface area contributed by atoms with Crippen molar-refractivity contribution in [1.82, 2.24) is 47.4 Å². The lowest BCUT2D eigenvalue weighted by molar-refractivity contribution is -0.143. The van der Waals surface area contributed by atoms with Crippen molar-refractivity contribution >= 4 is 65.0 Å². The van der Waals surface area contributed by atoms with Crippen LogP contribution < -0.4 is 59.7 Å². The molecular weight excluding hydrogens is 885 g/mol. The Labute approximate surface area is 388 Å². The van der Waals surface area contributed by atoms with Gasteiger partial charge in [-0.05, 0) is 90.1 Å². The predicted octanol–water partition coefficient (Wildman–Crippen LogP) is -6.08. The largest absolute Gasteiger partial charge is 0.480 e. The average molecular weight is 955 g/mol. The van der Waals surface area contributed by atoms with Crippen LogP contribution in [0.2, 0.25) is 0 Å². The number of aliphatic carboxylic acids is 1. The van der Waals surface area contributed by atoms with Gasteiger partial charge in [-0.2, -0.15) is 0 Å². The molecule has 17 N–H and O–H groups in total. The number of carbonyl (C=O) groups excluding carboxylic acids is 10. The molecule has 10 amide bonds. The van der Waals surface area contributed by atoms with Crippen LogP contribution in [0, 0.1) is 5.92 Å². The summed E-state index contributed by atoms with van der Waals surface area (Å²) >= 11 is 0. The van der Waals surface area contributed by atoms with E-state index in [9.17, 15) is 68.1 Å². The van der Waals surface area contributed by atoms with Gasteiger partial charge in [-0.3, -0.25) is 47.9 Å². The van der Waals surface area contributed by atoms with Crippen molar-refractivity contribution < 1.29 is 68.1 Å². The normalized spacial score (nSPS) is 18.8. The lowest BCUT2D eigenvalue weighted by Crippen LogP contribution is -2.61. The minimum Gasteiger partial charge on any atom is -0.480 e. The van der Waals surface area contributed by atoms with E-state index >= 15 is 0 Å². The Kier molecular flexibility index (Phi) is 24.7. The SMILES string of the molecule is CC(C)C[C@H](NC(=O)[C@@H]1CCCN1)C(=O)N[C@@H](CO)C(=O)N[C@@H](CO)C(=O)N1CCC[C@H]1C(=O)N[C@@H](CCCCN)C(=O)N[C@@H](C)C(=O)N[C@@H](CCC(N)=O)C(=O)N[C@@H](CCC(N)=O)C(=O)O. The molecule has 0 saturated carbocycles. The molecule has 0 radical (unpaired) electrons. The first-order valence-electron chi connectivity index (χ1n) is 22.5. The van der Waals surface area contributed by atoms with Crippen LogP contribution in [0.3, 0.4) is 0 Å². The van der Waals surface area contributed by atoms with Crippen molar-refractivity contribution in [1.29, 1.82) is 0 Å². The first-order chi connectivity index (χ1) is 31.6. The molecule has 2 saturated heterocycles. The van der Waals surface area contributed by atoms with E-state index in [1.54, 1.807) is 0 Å². The molecule has 2 aliphatic rings. The molecule has 26 heteroatoms. The van der Waals surface area contributed by atoms with Crippen LogP contribution in [0.25, 0.3) is 0 Å². The lowest BCUT2D eigenvalue weighted by Gasteiger charge is -2.30. The highest BCUT2D eigenvalue weighted by Crippen LogP contribution is 2.20. The molecule has 67 heavy (non-hydrogen) atoms. The summed E-state index contributed by atoms with van der Waals surface area (Å²) in [5, 5.41) is 49.9. The molecule has 0 spiro atoms. The Hall–Kier alpha value is -5.99. The number of carboxylic acids is 1. The maximum atomic E-state index is 13.8. The van der Waals surface area contributed by atoms with Crippen LogP contribution in [-0.4, -0.2) is 172 Å². The van der Waals surface area contributed by atoms with Gasteiger partial charge in [0.1, 0.15) is 48.3 Å². The first-order valence-corrected chi connectivity index (χ1v) is 22.5. The molecule has 2 fully saturated rings. The molecule has 26 nitrogen and oxygen atoms in total. The van der Waals surface area contributed by atoms with Crippen LogP contribution in [0.1, 0.15) is 97.8 Å². The van der Waals surface area contributed by atoms with Gasteiger partial charge in [0.15, 0.2) is 0 Å². The topological polar surface area (TPSA) is 426 Å². The molecule has 0 bridgehead atoms. The summed E-state index contributed by atoms with van der Waals surface area (Å²) in [5.74, 6) is -9.85. The fraction of sp³-hybridized carbons (Fsp3) is 0.732. The highest BCUT2D eigenvalue weighted by Gasteiger charge is 2.40. The number of likely N-dealkylation sites (tertiary alicyclic amines) is 1. The van der Waals surface area contributed by atoms with Crippen LogP contribution in [0.5, 0.6) is 0 Å². The molecule has 0 aliphatic carbocycles. The van der Waals surface area contributed by atoms with Gasteiger partial charge >= 0.3 is 5.97 Å². The quantitative estimate of drug-likeness (QED) is 0.0298. The highest BCUT2D eigenvalue weighted by molar-refractivity contribution is 5.98. The number of aliphatic hydroxyl groups excluding tert-OH is 2. The van der Waals surface area contributed by atoms with Crippen molar-refractivity contribution in [2.45, 2.75) is 152 Å². The maximum Gasteiger partial charge on any atom is 0.326 e. The van der Waals surface area contributed by atoms with Crippen molar-refractivity contribution in [3.8, 4) is 0 Å². The Morgan fingerprint density at radius 1 is 0.612 bits per heavy atom. The van der Waals surface area contributed by atoms with E-state index < -0.39 is 133 Å². The second kappa shape index (κ2) is 28.9. The average Bonchev–Trinajstić information content (AvgIpc) is 4.00. The fourth-order valence-electron chi connectivity index (χ4n) is 7.39. The minimum absolute atomic E-state index is 0.0139. The van der Waals surface area contributed by atoms with E-state index in [0.29, 0.717) is 32.2 Å². The van der Waals surface area contributed by atoms with Gasteiger partial charge in [0.2, 0.25) is 59.1 Å². The van der Waals surface area contributed by atoms with Gasteiger partial charge in [-0.1, -0.05) is 13.8 Å². The third-order valence-electron chi connectivity index (χ3n) is 11.1. The van der Waals surface area contributed by atoms with Crippen LogP contribution in [0.15, 0.2) is 0 Å². The maximum absolute atomic E-state index is 13.8. The highest BCUT2D eigenvalue weighted by atomic mass is 16.4. The molecule has 2 rings (SSSR count). The number of amides is 10. The Bertz CT molecular complexity index is 1760. The van der Waals surface area contributed by atoms with E-state index in [1.165, 1.54) is 6.92 Å². The number of nitrogens with two attached hydrogens (primary N) is 3. The summed E-state index contributed by atoms with van der Waals surface area (Å²) in [6, 6.07) is -11.7. The summed E-state index contributed by atoms with van der Waals surface area (Å²) in [6.45, 7) is 3.98. The standard InChI is InChI=1S/C41H70N12O14/c1-21(2)18-27(50-34(59)23-9-6-16-45-23)37(62)51-28(19-54)38(63)52-29(20-55)40(65)53-17-7-10-30(53)39(64)48-24(8-4-5-15-42)35(60)46-22(3)33(58)47-25(11-13-31(43)56)36(61)49-26(41(66)67)12-14-32(44)57/h21-30,45,54-55H,4-20,42H2,1-3H3,(H2,43,56)(H2,44,57)(H,46,60)(H,47,58)(H,48,64)(H,49,61)(H,50,59)(H,51,62)(H,52,63)(H,66,67)/t22-,23-,24-,25-,26-,27-,28-,29-,30-/m0/s1. The van der Waals surface area contributed by atoms with Crippen molar-refractivity contribution in [3.05, 3.63) is 0 Å². The number of aliphatic hydroxyl groups is 2. The van der Waals surface area contributed by atoms with Gasteiger partial charge in [0.05, 0.1) is 19.3 Å². The van der Waals surface area contributed by atoms with Crippen molar-refractivity contribution in [3.63, 3.8) is 0 Å². The smallest absolute Gasteiger partial charge is 0.326 e. The molecule has 2 heterocycles. The Morgan fingerprint density at radius 2 is 1.13 bits per heavy atom. The van der Waals surface area contributed by atoms with Gasteiger partial charge in [-0.15, -0.1) is 0 Å². The first kappa shape index (κ1) is 57.1. The molecular formula is C41H70N12O14. The van der Waals surface area contributed by atoms with Crippen LogP contribution in [0.4, 0.5) is 0 Å². The van der Waals surface area contributed by atoms with Crippen LogP contribution in [-0.2, 0) is 52.7 Å².